The van der Waals surface area contributed by atoms with Crippen LogP contribution in [0.5, 0.6) is 0 Å². The van der Waals surface area contributed by atoms with Crippen LogP contribution in [0.3, 0.4) is 0 Å². The summed E-state index contributed by atoms with van der Waals surface area (Å²) in [6, 6.07) is -1.28. The second kappa shape index (κ2) is 2.32. The van der Waals surface area contributed by atoms with Crippen molar-refractivity contribution in [3.8, 4) is 0 Å². The van der Waals surface area contributed by atoms with Gasteiger partial charge in [0.15, 0.2) is 0 Å². The van der Waals surface area contributed by atoms with Gasteiger partial charge in [-0.25, -0.2) is 0 Å². The molecule has 1 rings (SSSR count). The van der Waals surface area contributed by atoms with Crippen molar-refractivity contribution in [3.63, 3.8) is 0 Å². The van der Waals surface area contributed by atoms with Gasteiger partial charge in [-0.1, -0.05) is 44.7 Å². The predicted molar refractivity (Wildman–Crippen MR) is 52.3 cm³/mol. The van der Waals surface area contributed by atoms with Gasteiger partial charge in [-0.3, -0.25) is 0 Å². The summed E-state index contributed by atoms with van der Waals surface area (Å²) in [5.41, 5.74) is 0. The van der Waals surface area contributed by atoms with E-state index >= 15 is 0 Å². The molecule has 1 aliphatic rings. The molecule has 2 heteroatoms. The molecule has 0 radical (unpaired) electrons. The van der Waals surface area contributed by atoms with Gasteiger partial charge in [0.05, 0.1) is 0 Å². The van der Waals surface area contributed by atoms with Crippen LogP contribution in [-0.4, -0.2) is 5.16 Å². The van der Waals surface area contributed by atoms with E-state index < -0.39 is 6.04 Å². The van der Waals surface area contributed by atoms with Crippen molar-refractivity contribution in [1.29, 1.82) is 0 Å². The normalized spacial score (nSPS) is 21.9. The lowest BCUT2D eigenvalue weighted by atomic mass is 10.3. The Balaban J connectivity index is 3.02. The molecule has 0 unspecified atom stereocenters. The van der Waals surface area contributed by atoms with Crippen molar-refractivity contribution in [1.82, 2.24) is 0 Å². The molecule has 0 spiro atoms. The fourth-order valence-corrected chi connectivity index (χ4v) is 2.98. The summed E-state index contributed by atoms with van der Waals surface area (Å²) < 4.78 is 0. The smallest absolute Gasteiger partial charge is 0.00181 e. The molecule has 56 valence electrons. The van der Waals surface area contributed by atoms with Crippen molar-refractivity contribution in [2.24, 2.45) is 0 Å². The molecular formula is C8H13PS. The Bertz CT molecular complexity index is 214. The zero-order valence-corrected chi connectivity index (χ0v) is 8.38. The Morgan fingerprint density at radius 3 is 1.70 bits per heavy atom. The summed E-state index contributed by atoms with van der Waals surface area (Å²) in [4.78, 5) is 0. The highest BCUT2D eigenvalue weighted by Gasteiger charge is 2.27. The van der Waals surface area contributed by atoms with E-state index in [1.807, 2.05) is 0 Å². The molecule has 1 aliphatic heterocycles. The highest BCUT2D eigenvalue weighted by Crippen LogP contribution is 2.62. The third-order valence-electron chi connectivity index (χ3n) is 1.77. The molecule has 0 aliphatic carbocycles. The highest BCUT2D eigenvalue weighted by atomic mass is 32.4. The number of hydrogen-bond acceptors (Lipinski definition) is 1. The Morgan fingerprint density at radius 1 is 1.10 bits per heavy atom. The average Bonchev–Trinajstić information content (AvgIpc) is 2.13. The quantitative estimate of drug-likeness (QED) is 0.505. The fraction of sp³-hybridized carbons (Fsp3) is 0.500. The second-order valence-corrected chi connectivity index (χ2v) is 8.73. The van der Waals surface area contributed by atoms with Gasteiger partial charge in [0.2, 0.25) is 0 Å². The molecule has 0 N–H and O–H groups in total. The molecule has 0 aromatic heterocycles. The van der Waals surface area contributed by atoms with E-state index in [-0.39, 0.29) is 5.16 Å². The van der Waals surface area contributed by atoms with Gasteiger partial charge in [-0.15, -0.1) is 0 Å². The van der Waals surface area contributed by atoms with Crippen LogP contribution in [0.1, 0.15) is 20.8 Å². The van der Waals surface area contributed by atoms with Crippen molar-refractivity contribution in [3.05, 3.63) is 23.8 Å². The van der Waals surface area contributed by atoms with Crippen LogP contribution in [0, 0.1) is 0 Å². The minimum Gasteiger partial charge on any atom is -0.0883 e. The van der Waals surface area contributed by atoms with Gasteiger partial charge in [0, 0.05) is 6.04 Å². The van der Waals surface area contributed by atoms with E-state index in [1.54, 1.807) is 0 Å². The maximum absolute atomic E-state index is 5.54. The van der Waals surface area contributed by atoms with Gasteiger partial charge in [0.1, 0.15) is 0 Å². The van der Waals surface area contributed by atoms with Gasteiger partial charge in [-0.05, 0) is 16.8 Å². The van der Waals surface area contributed by atoms with Gasteiger partial charge >= 0.3 is 0 Å². The first-order valence-corrected chi connectivity index (χ1v) is 6.36. The molecule has 0 nitrogen and oxygen atoms in total. The van der Waals surface area contributed by atoms with Gasteiger partial charge < -0.3 is 0 Å². The molecule has 0 amide bonds. The van der Waals surface area contributed by atoms with E-state index in [4.69, 9.17) is 11.8 Å². The van der Waals surface area contributed by atoms with E-state index in [1.165, 1.54) is 0 Å². The topological polar surface area (TPSA) is 0 Å². The minimum absolute atomic E-state index is 0.270. The SMILES string of the molecule is CC(C)(C)P1(=S)C=CC=C1. The van der Waals surface area contributed by atoms with Crippen LogP contribution in [-0.2, 0) is 11.8 Å². The van der Waals surface area contributed by atoms with Gasteiger partial charge in [-0.2, -0.15) is 0 Å². The third kappa shape index (κ3) is 1.26. The Kier molecular flexibility index (Phi) is 1.91. The molecule has 0 atom stereocenters. The number of allylic oxidation sites excluding steroid dienone is 2. The molecule has 10 heavy (non-hydrogen) atoms. The second-order valence-electron chi connectivity index (χ2n) is 3.56. The van der Waals surface area contributed by atoms with E-state index in [9.17, 15) is 0 Å². The van der Waals surface area contributed by atoms with Crippen molar-refractivity contribution in [2.45, 2.75) is 25.9 Å². The lowest BCUT2D eigenvalue weighted by molar-refractivity contribution is 0.791. The summed E-state index contributed by atoms with van der Waals surface area (Å²) in [6.45, 7) is 6.65. The van der Waals surface area contributed by atoms with E-state index in [0.717, 1.165) is 0 Å². The first kappa shape index (κ1) is 8.23. The number of rotatable bonds is 0. The maximum Gasteiger partial charge on any atom is 0.00181 e. The average molecular weight is 172 g/mol. The van der Waals surface area contributed by atoms with E-state index in [0.29, 0.717) is 0 Å². The Hall–Kier alpha value is 0.130. The first-order chi connectivity index (χ1) is 4.46. The minimum atomic E-state index is -1.28. The van der Waals surface area contributed by atoms with Crippen LogP contribution in [0.15, 0.2) is 23.8 Å². The summed E-state index contributed by atoms with van der Waals surface area (Å²) in [5, 5.41) is 0.270. The zero-order chi connectivity index (χ0) is 7.83. The van der Waals surface area contributed by atoms with Crippen molar-refractivity contribution in [2.75, 3.05) is 0 Å². The molecular weight excluding hydrogens is 159 g/mol. The first-order valence-electron chi connectivity index (χ1n) is 3.42. The third-order valence-corrected chi connectivity index (χ3v) is 7.48. The summed E-state index contributed by atoms with van der Waals surface area (Å²) in [7, 11) is 0. The largest absolute Gasteiger partial charge is 0.0883 e. The molecule has 0 aromatic carbocycles. The molecule has 0 saturated carbocycles. The zero-order valence-electron chi connectivity index (χ0n) is 6.66. The van der Waals surface area contributed by atoms with Crippen LogP contribution in [0.2, 0.25) is 0 Å². The highest BCUT2D eigenvalue weighted by molar-refractivity contribution is 8.18. The molecule has 0 saturated heterocycles. The number of hydrogen-bond donors (Lipinski definition) is 0. The lowest BCUT2D eigenvalue weighted by Gasteiger charge is -2.27. The Labute approximate surface area is 68.0 Å². The maximum atomic E-state index is 5.54. The van der Waals surface area contributed by atoms with Gasteiger partial charge in [0.25, 0.3) is 0 Å². The van der Waals surface area contributed by atoms with Crippen molar-refractivity contribution >= 4 is 17.8 Å². The van der Waals surface area contributed by atoms with Crippen LogP contribution in [0.25, 0.3) is 0 Å². The van der Waals surface area contributed by atoms with Crippen LogP contribution in [0.4, 0.5) is 0 Å². The molecule has 1 heterocycles. The molecule has 0 aromatic rings. The fourth-order valence-electron chi connectivity index (χ4n) is 0.852. The monoisotopic (exact) mass is 172 g/mol. The van der Waals surface area contributed by atoms with Crippen LogP contribution >= 0.6 is 6.04 Å². The summed E-state index contributed by atoms with van der Waals surface area (Å²) in [5.74, 6) is 4.39. The summed E-state index contributed by atoms with van der Waals surface area (Å²) in [6.07, 6.45) is 4.15. The standard InChI is InChI=1S/C8H13PS/c1-8(2,3)9(10)6-4-5-7-9/h4-7H,1-3H3. The Morgan fingerprint density at radius 2 is 1.50 bits per heavy atom. The molecule has 0 fully saturated rings. The van der Waals surface area contributed by atoms with Crippen molar-refractivity contribution < 1.29 is 0 Å². The summed E-state index contributed by atoms with van der Waals surface area (Å²) >= 11 is 5.54. The van der Waals surface area contributed by atoms with Crippen LogP contribution < -0.4 is 0 Å². The van der Waals surface area contributed by atoms with E-state index in [2.05, 4.69) is 44.6 Å². The molecule has 0 bridgehead atoms. The lowest BCUT2D eigenvalue weighted by Crippen LogP contribution is -2.10. The predicted octanol–water partition coefficient (Wildman–Crippen LogP) is 3.31.